The number of ether oxygens (including phenoxy) is 2. The van der Waals surface area contributed by atoms with Crippen LogP contribution >= 0.6 is 0 Å². The summed E-state index contributed by atoms with van der Waals surface area (Å²) < 4.78 is 45.9. The van der Waals surface area contributed by atoms with Crippen molar-refractivity contribution in [3.8, 4) is 5.75 Å². The van der Waals surface area contributed by atoms with E-state index < -0.39 is 12.8 Å². The maximum absolute atomic E-state index is 12.0. The van der Waals surface area contributed by atoms with Crippen molar-refractivity contribution in [1.82, 2.24) is 10.6 Å². The molecule has 2 aromatic rings. The van der Waals surface area contributed by atoms with Crippen LogP contribution in [0.3, 0.4) is 0 Å². The Bertz CT molecular complexity index is 734. The summed E-state index contributed by atoms with van der Waals surface area (Å²) in [5.41, 5.74) is 2.31. The van der Waals surface area contributed by atoms with E-state index in [2.05, 4.69) is 15.4 Å². The van der Waals surface area contributed by atoms with Gasteiger partial charge in [0, 0.05) is 18.7 Å². The molecule has 0 atom stereocenters. The van der Waals surface area contributed by atoms with Gasteiger partial charge in [0.1, 0.15) is 12.4 Å². The molecule has 2 N–H and O–H groups in total. The molecule has 2 aromatic carbocycles. The van der Waals surface area contributed by atoms with Crippen molar-refractivity contribution in [2.24, 2.45) is 0 Å². The molecule has 0 spiro atoms. The van der Waals surface area contributed by atoms with Crippen LogP contribution in [0.1, 0.15) is 16.7 Å². The highest BCUT2D eigenvalue weighted by molar-refractivity contribution is 5.73. The lowest BCUT2D eigenvalue weighted by Crippen LogP contribution is -2.34. The van der Waals surface area contributed by atoms with Crippen molar-refractivity contribution >= 4 is 6.03 Å². The van der Waals surface area contributed by atoms with Gasteiger partial charge in [0.2, 0.25) is 0 Å². The van der Waals surface area contributed by atoms with Gasteiger partial charge in [-0.2, -0.15) is 13.2 Å². The van der Waals surface area contributed by atoms with E-state index in [0.29, 0.717) is 24.4 Å². The SMILES string of the molecule is COc1ccccc1CNC(=O)NCc1ccc(COCC(F)(F)F)cc1. The molecule has 5 nitrogen and oxygen atoms in total. The Labute approximate surface area is 155 Å². The molecule has 0 aromatic heterocycles. The lowest BCUT2D eigenvalue weighted by Gasteiger charge is -2.11. The first-order valence-corrected chi connectivity index (χ1v) is 8.23. The Kier molecular flexibility index (Phi) is 7.48. The summed E-state index contributed by atoms with van der Waals surface area (Å²) in [5.74, 6) is 0.695. The van der Waals surface area contributed by atoms with Crippen molar-refractivity contribution in [3.05, 3.63) is 65.2 Å². The van der Waals surface area contributed by atoms with Crippen LogP contribution in [0.25, 0.3) is 0 Å². The van der Waals surface area contributed by atoms with Gasteiger partial charge in [-0.25, -0.2) is 4.79 Å². The summed E-state index contributed by atoms with van der Waals surface area (Å²) in [6, 6.07) is 13.8. The lowest BCUT2D eigenvalue weighted by molar-refractivity contribution is -0.176. The number of amides is 2. The van der Waals surface area contributed by atoms with Crippen molar-refractivity contribution in [2.75, 3.05) is 13.7 Å². The van der Waals surface area contributed by atoms with E-state index >= 15 is 0 Å². The van der Waals surface area contributed by atoms with Crippen LogP contribution < -0.4 is 15.4 Å². The first-order valence-electron chi connectivity index (χ1n) is 8.23. The highest BCUT2D eigenvalue weighted by Crippen LogP contribution is 2.17. The maximum atomic E-state index is 12.0. The molecule has 0 aliphatic rings. The normalized spacial score (nSPS) is 11.1. The molecule has 8 heteroatoms. The molecule has 0 unspecified atom stereocenters. The number of halogens is 3. The zero-order valence-corrected chi connectivity index (χ0v) is 14.8. The molecule has 0 bridgehead atoms. The minimum atomic E-state index is -4.33. The molecule has 0 radical (unpaired) electrons. The Morgan fingerprint density at radius 3 is 2.26 bits per heavy atom. The topological polar surface area (TPSA) is 59.6 Å². The number of methoxy groups -OCH3 is 1. The number of hydrogen-bond donors (Lipinski definition) is 2. The fraction of sp³-hybridized carbons (Fsp3) is 0.316. The Hall–Kier alpha value is -2.74. The van der Waals surface area contributed by atoms with E-state index in [4.69, 9.17) is 4.74 Å². The fourth-order valence-corrected chi connectivity index (χ4v) is 2.31. The second-order valence-corrected chi connectivity index (χ2v) is 5.77. The molecule has 0 aliphatic carbocycles. The van der Waals surface area contributed by atoms with Crippen LogP contribution in [-0.2, 0) is 24.4 Å². The summed E-state index contributed by atoms with van der Waals surface area (Å²) >= 11 is 0. The molecule has 27 heavy (non-hydrogen) atoms. The van der Waals surface area contributed by atoms with E-state index in [9.17, 15) is 18.0 Å². The van der Waals surface area contributed by atoms with Crippen LogP contribution in [0.2, 0.25) is 0 Å². The largest absolute Gasteiger partial charge is 0.496 e. The molecule has 2 amide bonds. The van der Waals surface area contributed by atoms with Gasteiger partial charge in [-0.05, 0) is 17.2 Å². The van der Waals surface area contributed by atoms with Crippen LogP contribution in [0, 0.1) is 0 Å². The van der Waals surface area contributed by atoms with Gasteiger partial charge in [0.15, 0.2) is 0 Å². The quantitative estimate of drug-likeness (QED) is 0.731. The Morgan fingerprint density at radius 2 is 1.59 bits per heavy atom. The summed E-state index contributed by atoms with van der Waals surface area (Å²) in [6.45, 7) is -0.776. The summed E-state index contributed by atoms with van der Waals surface area (Å²) in [4.78, 5) is 11.9. The predicted octanol–water partition coefficient (Wildman–Crippen LogP) is 3.77. The summed E-state index contributed by atoms with van der Waals surface area (Å²) in [7, 11) is 1.57. The first-order chi connectivity index (χ1) is 12.9. The molecule has 0 saturated heterocycles. The number of benzene rings is 2. The molecule has 2 rings (SSSR count). The number of urea groups is 1. The minimum Gasteiger partial charge on any atom is -0.496 e. The van der Waals surface area contributed by atoms with Gasteiger partial charge in [-0.3, -0.25) is 0 Å². The maximum Gasteiger partial charge on any atom is 0.411 e. The van der Waals surface area contributed by atoms with E-state index in [1.54, 1.807) is 31.4 Å². The smallest absolute Gasteiger partial charge is 0.411 e. The van der Waals surface area contributed by atoms with E-state index in [0.717, 1.165) is 11.1 Å². The average molecular weight is 382 g/mol. The van der Waals surface area contributed by atoms with Crippen molar-refractivity contribution < 1.29 is 27.4 Å². The third-order valence-electron chi connectivity index (χ3n) is 3.64. The van der Waals surface area contributed by atoms with E-state index in [1.165, 1.54) is 0 Å². The number of rotatable bonds is 8. The number of carbonyl (C=O) groups is 1. The summed E-state index contributed by atoms with van der Waals surface area (Å²) in [6.07, 6.45) is -4.33. The standard InChI is InChI=1S/C19H21F3N2O3/c1-26-17-5-3-2-4-16(17)11-24-18(25)23-10-14-6-8-15(9-7-14)12-27-13-19(20,21)22/h2-9H,10-13H2,1H3,(H2,23,24,25). The third-order valence-corrected chi connectivity index (χ3v) is 3.64. The van der Waals surface area contributed by atoms with E-state index in [-0.39, 0.29) is 12.6 Å². The van der Waals surface area contributed by atoms with Crippen LogP contribution in [0.5, 0.6) is 5.75 Å². The monoisotopic (exact) mass is 382 g/mol. The summed E-state index contributed by atoms with van der Waals surface area (Å²) in [5, 5.41) is 5.46. The van der Waals surface area contributed by atoms with Gasteiger partial charge in [-0.15, -0.1) is 0 Å². The molecular weight excluding hydrogens is 361 g/mol. The predicted molar refractivity (Wildman–Crippen MR) is 94.2 cm³/mol. The van der Waals surface area contributed by atoms with Crippen LogP contribution in [0.4, 0.5) is 18.0 Å². The van der Waals surface area contributed by atoms with Gasteiger partial charge >= 0.3 is 12.2 Å². The Morgan fingerprint density at radius 1 is 0.963 bits per heavy atom. The van der Waals surface area contributed by atoms with E-state index in [1.807, 2.05) is 24.3 Å². The first kappa shape index (κ1) is 20.6. The van der Waals surface area contributed by atoms with Gasteiger partial charge in [-0.1, -0.05) is 42.5 Å². The number of carbonyl (C=O) groups excluding carboxylic acids is 1. The fourth-order valence-electron chi connectivity index (χ4n) is 2.31. The second kappa shape index (κ2) is 9.82. The third kappa shape index (κ3) is 7.57. The minimum absolute atomic E-state index is 0.118. The number of para-hydroxylation sites is 1. The molecular formula is C19H21F3N2O3. The average Bonchev–Trinajstić information content (AvgIpc) is 2.65. The number of nitrogens with one attached hydrogen (secondary N) is 2. The molecule has 0 aliphatic heterocycles. The van der Waals surface area contributed by atoms with Gasteiger partial charge in [0.25, 0.3) is 0 Å². The number of hydrogen-bond acceptors (Lipinski definition) is 3. The van der Waals surface area contributed by atoms with Crippen molar-refractivity contribution in [1.29, 1.82) is 0 Å². The van der Waals surface area contributed by atoms with Crippen LogP contribution in [0.15, 0.2) is 48.5 Å². The van der Waals surface area contributed by atoms with Crippen molar-refractivity contribution in [2.45, 2.75) is 25.9 Å². The zero-order valence-electron chi connectivity index (χ0n) is 14.8. The molecule has 0 heterocycles. The lowest BCUT2D eigenvalue weighted by atomic mass is 10.1. The van der Waals surface area contributed by atoms with Crippen molar-refractivity contribution in [3.63, 3.8) is 0 Å². The molecule has 146 valence electrons. The van der Waals surface area contributed by atoms with Gasteiger partial charge < -0.3 is 20.1 Å². The molecule has 0 saturated carbocycles. The highest BCUT2D eigenvalue weighted by Gasteiger charge is 2.27. The number of alkyl halides is 3. The van der Waals surface area contributed by atoms with Crippen LogP contribution in [-0.4, -0.2) is 25.9 Å². The second-order valence-electron chi connectivity index (χ2n) is 5.77. The van der Waals surface area contributed by atoms with Gasteiger partial charge in [0.05, 0.1) is 13.7 Å². The highest BCUT2D eigenvalue weighted by atomic mass is 19.4. The Balaban J connectivity index is 1.73. The molecule has 0 fully saturated rings. The zero-order chi connectivity index (χ0) is 19.7.